The van der Waals surface area contributed by atoms with Crippen LogP contribution in [0.3, 0.4) is 0 Å². The van der Waals surface area contributed by atoms with Crippen molar-refractivity contribution in [3.63, 3.8) is 0 Å². The minimum absolute atomic E-state index is 0.0909. The van der Waals surface area contributed by atoms with E-state index in [1.807, 2.05) is 37.4 Å². The van der Waals surface area contributed by atoms with Crippen molar-refractivity contribution in [1.82, 2.24) is 10.2 Å². The zero-order valence-corrected chi connectivity index (χ0v) is 16.5. The molecule has 1 atom stereocenters. The molecule has 0 aromatic heterocycles. The minimum atomic E-state index is -0.104. The highest BCUT2D eigenvalue weighted by molar-refractivity contribution is 5.74. The summed E-state index contributed by atoms with van der Waals surface area (Å²) in [6.45, 7) is 7.96. The lowest BCUT2D eigenvalue weighted by Crippen LogP contribution is -2.40. The first kappa shape index (κ1) is 19.1. The zero-order chi connectivity index (χ0) is 19.4. The first-order chi connectivity index (χ1) is 13.0. The van der Waals surface area contributed by atoms with Crippen LogP contribution < -0.4 is 14.8 Å². The van der Waals surface area contributed by atoms with Crippen LogP contribution in [0.5, 0.6) is 11.5 Å². The van der Waals surface area contributed by atoms with Gasteiger partial charge in [-0.05, 0) is 41.7 Å². The first-order valence-corrected chi connectivity index (χ1v) is 9.41. The lowest BCUT2D eigenvalue weighted by atomic mass is 9.95. The van der Waals surface area contributed by atoms with Gasteiger partial charge in [0.05, 0.1) is 6.04 Å². The lowest BCUT2D eigenvalue weighted by molar-refractivity contribution is 0.171. The second kappa shape index (κ2) is 8.33. The van der Waals surface area contributed by atoms with Crippen LogP contribution in [0.2, 0.25) is 0 Å². The molecule has 2 amide bonds. The van der Waals surface area contributed by atoms with E-state index in [0.717, 1.165) is 22.6 Å². The van der Waals surface area contributed by atoms with Gasteiger partial charge >= 0.3 is 6.03 Å². The van der Waals surface area contributed by atoms with Crippen molar-refractivity contribution in [2.24, 2.45) is 5.92 Å². The van der Waals surface area contributed by atoms with E-state index < -0.39 is 0 Å². The highest BCUT2D eigenvalue weighted by atomic mass is 16.6. The number of hydrogen-bond donors (Lipinski definition) is 1. The molecule has 0 radical (unpaired) electrons. The maximum absolute atomic E-state index is 12.8. The maximum Gasteiger partial charge on any atom is 0.317 e. The summed E-state index contributed by atoms with van der Waals surface area (Å²) in [6, 6.07) is 13.8. The van der Waals surface area contributed by atoms with E-state index in [1.54, 1.807) is 4.90 Å². The Bertz CT molecular complexity index is 804. The SMILES string of the molecule is Cc1ccccc1CN(C)C(=O)NC(c1ccc2c(c1)OCCO2)C(C)C. The van der Waals surface area contributed by atoms with Gasteiger partial charge in [0.25, 0.3) is 0 Å². The quantitative estimate of drug-likeness (QED) is 0.856. The third-order valence-electron chi connectivity index (χ3n) is 4.89. The molecule has 1 aliphatic heterocycles. The number of aryl methyl sites for hydroxylation is 1. The number of benzene rings is 2. The number of carbonyl (C=O) groups is 1. The van der Waals surface area contributed by atoms with Crippen molar-refractivity contribution in [1.29, 1.82) is 0 Å². The van der Waals surface area contributed by atoms with E-state index in [-0.39, 0.29) is 18.0 Å². The Kier molecular flexibility index (Phi) is 5.89. The van der Waals surface area contributed by atoms with Crippen molar-refractivity contribution >= 4 is 6.03 Å². The largest absolute Gasteiger partial charge is 0.486 e. The molecular formula is C22H28N2O3. The number of amides is 2. The Morgan fingerprint density at radius 2 is 1.81 bits per heavy atom. The molecule has 2 aromatic carbocycles. The van der Waals surface area contributed by atoms with E-state index in [4.69, 9.17) is 9.47 Å². The molecule has 0 spiro atoms. The molecule has 5 nitrogen and oxygen atoms in total. The number of nitrogens with zero attached hydrogens (tertiary/aromatic N) is 1. The Hall–Kier alpha value is -2.69. The van der Waals surface area contributed by atoms with E-state index in [9.17, 15) is 4.79 Å². The smallest absolute Gasteiger partial charge is 0.317 e. The normalized spacial score (nSPS) is 14.0. The molecule has 0 bridgehead atoms. The van der Waals surface area contributed by atoms with Gasteiger partial charge in [0.15, 0.2) is 11.5 Å². The van der Waals surface area contributed by atoms with E-state index in [2.05, 4.69) is 38.2 Å². The molecule has 5 heteroatoms. The number of rotatable bonds is 5. The van der Waals surface area contributed by atoms with Crippen LogP contribution in [0.25, 0.3) is 0 Å². The molecule has 1 aliphatic rings. The number of fused-ring (bicyclic) bond motifs is 1. The molecule has 2 aromatic rings. The average molecular weight is 368 g/mol. The summed E-state index contributed by atoms with van der Waals surface area (Å²) in [7, 11) is 1.82. The fourth-order valence-corrected chi connectivity index (χ4v) is 3.25. The molecule has 0 saturated heterocycles. The monoisotopic (exact) mass is 368 g/mol. The fourth-order valence-electron chi connectivity index (χ4n) is 3.25. The predicted octanol–water partition coefficient (Wildman–Crippen LogP) is 4.30. The third kappa shape index (κ3) is 4.54. The predicted molar refractivity (Wildman–Crippen MR) is 106 cm³/mol. The molecule has 1 N–H and O–H groups in total. The summed E-state index contributed by atoms with van der Waals surface area (Å²) in [5.74, 6) is 1.74. The van der Waals surface area contributed by atoms with Gasteiger partial charge in [-0.25, -0.2) is 4.79 Å². The van der Waals surface area contributed by atoms with Gasteiger partial charge in [-0.15, -0.1) is 0 Å². The summed E-state index contributed by atoms with van der Waals surface area (Å²) < 4.78 is 11.3. The lowest BCUT2D eigenvalue weighted by Gasteiger charge is -2.28. The van der Waals surface area contributed by atoms with Gasteiger partial charge in [0, 0.05) is 13.6 Å². The molecule has 0 saturated carbocycles. The summed E-state index contributed by atoms with van der Waals surface area (Å²) >= 11 is 0. The van der Waals surface area contributed by atoms with E-state index in [0.29, 0.717) is 19.8 Å². The fraction of sp³-hybridized carbons (Fsp3) is 0.409. The second-order valence-electron chi connectivity index (χ2n) is 7.36. The summed E-state index contributed by atoms with van der Waals surface area (Å²) in [6.07, 6.45) is 0. The Morgan fingerprint density at radius 1 is 1.11 bits per heavy atom. The number of hydrogen-bond acceptors (Lipinski definition) is 3. The van der Waals surface area contributed by atoms with Gasteiger partial charge in [0.1, 0.15) is 13.2 Å². The second-order valence-corrected chi connectivity index (χ2v) is 7.36. The van der Waals surface area contributed by atoms with Gasteiger partial charge in [-0.1, -0.05) is 44.2 Å². The molecule has 27 heavy (non-hydrogen) atoms. The highest BCUT2D eigenvalue weighted by Crippen LogP contribution is 2.34. The van der Waals surface area contributed by atoms with E-state index >= 15 is 0 Å². The van der Waals surface area contributed by atoms with Crippen LogP contribution in [0.15, 0.2) is 42.5 Å². The van der Waals surface area contributed by atoms with Crippen LogP contribution in [0, 0.1) is 12.8 Å². The molecular weight excluding hydrogens is 340 g/mol. The number of carbonyl (C=O) groups excluding carboxylic acids is 1. The van der Waals surface area contributed by atoms with Crippen molar-refractivity contribution in [2.45, 2.75) is 33.4 Å². The van der Waals surface area contributed by atoms with Crippen LogP contribution in [0.1, 0.15) is 36.6 Å². The van der Waals surface area contributed by atoms with Gasteiger partial charge in [-0.3, -0.25) is 0 Å². The standard InChI is InChI=1S/C22H28N2O3/c1-15(2)21(17-9-10-19-20(13-17)27-12-11-26-19)23-22(25)24(4)14-18-8-6-5-7-16(18)3/h5-10,13,15,21H,11-12,14H2,1-4H3,(H,23,25). The number of urea groups is 1. The summed E-state index contributed by atoms with van der Waals surface area (Å²) in [5, 5.41) is 3.17. The Balaban J connectivity index is 1.72. The first-order valence-electron chi connectivity index (χ1n) is 9.41. The molecule has 144 valence electrons. The van der Waals surface area contributed by atoms with Crippen molar-refractivity contribution in [2.75, 3.05) is 20.3 Å². The Morgan fingerprint density at radius 3 is 2.52 bits per heavy atom. The van der Waals surface area contributed by atoms with Crippen LogP contribution in [-0.4, -0.2) is 31.2 Å². The topological polar surface area (TPSA) is 50.8 Å². The van der Waals surface area contributed by atoms with Crippen LogP contribution in [-0.2, 0) is 6.54 Å². The number of ether oxygens (including phenoxy) is 2. The number of nitrogens with one attached hydrogen (secondary N) is 1. The summed E-state index contributed by atoms with van der Waals surface area (Å²) in [4.78, 5) is 14.5. The molecule has 0 fully saturated rings. The van der Waals surface area contributed by atoms with Crippen molar-refractivity contribution < 1.29 is 14.3 Å². The van der Waals surface area contributed by atoms with Crippen molar-refractivity contribution in [3.05, 3.63) is 59.2 Å². The molecule has 1 heterocycles. The van der Waals surface area contributed by atoms with Gasteiger partial charge in [-0.2, -0.15) is 0 Å². The van der Waals surface area contributed by atoms with Crippen molar-refractivity contribution in [3.8, 4) is 11.5 Å². The minimum Gasteiger partial charge on any atom is -0.486 e. The zero-order valence-electron chi connectivity index (χ0n) is 16.5. The van der Waals surface area contributed by atoms with Gasteiger partial charge < -0.3 is 19.7 Å². The highest BCUT2D eigenvalue weighted by Gasteiger charge is 2.23. The molecule has 0 aliphatic carbocycles. The summed E-state index contributed by atoms with van der Waals surface area (Å²) in [5.41, 5.74) is 3.35. The molecule has 3 rings (SSSR count). The Labute approximate surface area is 161 Å². The third-order valence-corrected chi connectivity index (χ3v) is 4.89. The average Bonchev–Trinajstić information content (AvgIpc) is 2.67. The maximum atomic E-state index is 12.8. The van der Waals surface area contributed by atoms with Gasteiger partial charge in [0.2, 0.25) is 0 Å². The van der Waals surface area contributed by atoms with Crippen LogP contribution >= 0.6 is 0 Å². The molecule has 1 unspecified atom stereocenters. The van der Waals surface area contributed by atoms with E-state index in [1.165, 1.54) is 5.56 Å². The van der Waals surface area contributed by atoms with Crippen LogP contribution in [0.4, 0.5) is 4.79 Å².